The maximum Gasteiger partial charge on any atom is 0.0905 e. The molecule has 3 N–H and O–H groups in total. The second-order valence-corrected chi connectivity index (χ2v) is 4.82. The van der Waals surface area contributed by atoms with E-state index in [1.165, 1.54) is 18.4 Å². The van der Waals surface area contributed by atoms with Crippen molar-refractivity contribution < 1.29 is 0 Å². The summed E-state index contributed by atoms with van der Waals surface area (Å²) >= 11 is 0. The van der Waals surface area contributed by atoms with Crippen LogP contribution in [0.2, 0.25) is 0 Å². The smallest absolute Gasteiger partial charge is 0.0905 e. The fraction of sp³-hybridized carbons (Fsp3) is 0.500. The first kappa shape index (κ1) is 12.1. The van der Waals surface area contributed by atoms with Crippen molar-refractivity contribution in [2.45, 2.75) is 38.3 Å². The van der Waals surface area contributed by atoms with Crippen LogP contribution >= 0.6 is 0 Å². The summed E-state index contributed by atoms with van der Waals surface area (Å²) in [6, 6.07) is 11.4. The summed E-state index contributed by atoms with van der Waals surface area (Å²) in [5, 5.41) is 7.24. The molecule has 1 aliphatic carbocycles. The average Bonchev–Trinajstić information content (AvgIpc) is 3.12. The SMILES string of the molecule is N=C(N)CCCN(Cc1ccccc1)C1CC1. The lowest BCUT2D eigenvalue weighted by Gasteiger charge is -2.21. The molecule has 1 aromatic rings. The van der Waals surface area contributed by atoms with Crippen LogP contribution in [0.3, 0.4) is 0 Å². The fourth-order valence-corrected chi connectivity index (χ4v) is 2.12. The predicted molar refractivity (Wildman–Crippen MR) is 71.0 cm³/mol. The molecule has 1 saturated carbocycles. The number of nitrogens with one attached hydrogen (secondary N) is 1. The molecule has 0 amide bonds. The van der Waals surface area contributed by atoms with Gasteiger partial charge in [-0.15, -0.1) is 0 Å². The lowest BCUT2D eigenvalue weighted by molar-refractivity contribution is 0.253. The standard InChI is InChI=1S/C14H21N3/c15-14(16)7-4-10-17(13-8-9-13)11-12-5-2-1-3-6-12/h1-3,5-6,13H,4,7-11H2,(H3,15,16). The van der Waals surface area contributed by atoms with Crippen LogP contribution in [0.25, 0.3) is 0 Å². The Morgan fingerprint density at radius 1 is 1.29 bits per heavy atom. The van der Waals surface area contributed by atoms with Crippen molar-refractivity contribution in [1.29, 1.82) is 5.41 Å². The van der Waals surface area contributed by atoms with Gasteiger partial charge in [-0.1, -0.05) is 30.3 Å². The molecule has 0 unspecified atom stereocenters. The van der Waals surface area contributed by atoms with E-state index < -0.39 is 0 Å². The zero-order valence-electron chi connectivity index (χ0n) is 10.2. The maximum atomic E-state index is 7.24. The van der Waals surface area contributed by atoms with Gasteiger partial charge in [-0.3, -0.25) is 10.3 Å². The number of rotatable bonds is 7. The normalized spacial score (nSPS) is 15.1. The van der Waals surface area contributed by atoms with Gasteiger partial charge in [0.25, 0.3) is 0 Å². The van der Waals surface area contributed by atoms with Gasteiger partial charge in [0.05, 0.1) is 5.84 Å². The van der Waals surface area contributed by atoms with E-state index in [9.17, 15) is 0 Å². The molecule has 0 aliphatic heterocycles. The van der Waals surface area contributed by atoms with Gasteiger partial charge in [0, 0.05) is 19.0 Å². The van der Waals surface area contributed by atoms with Gasteiger partial charge in [0.1, 0.15) is 0 Å². The molecule has 1 aromatic carbocycles. The molecule has 17 heavy (non-hydrogen) atoms. The Balaban J connectivity index is 1.83. The number of nitrogens with two attached hydrogens (primary N) is 1. The van der Waals surface area contributed by atoms with Gasteiger partial charge in [-0.05, 0) is 31.4 Å². The van der Waals surface area contributed by atoms with Crippen molar-refractivity contribution in [2.24, 2.45) is 5.73 Å². The van der Waals surface area contributed by atoms with Crippen LogP contribution in [0, 0.1) is 5.41 Å². The van der Waals surface area contributed by atoms with E-state index in [0.717, 1.165) is 32.0 Å². The molecule has 0 radical (unpaired) electrons. The summed E-state index contributed by atoms with van der Waals surface area (Å²) in [5.41, 5.74) is 6.76. The van der Waals surface area contributed by atoms with Crippen molar-refractivity contribution >= 4 is 5.84 Å². The second kappa shape index (κ2) is 5.82. The third-order valence-corrected chi connectivity index (χ3v) is 3.18. The van der Waals surface area contributed by atoms with Gasteiger partial charge in [0.2, 0.25) is 0 Å². The molecule has 0 heterocycles. The minimum atomic E-state index is 0.306. The lowest BCUT2D eigenvalue weighted by atomic mass is 10.2. The Bertz CT molecular complexity index is 357. The number of hydrogen-bond acceptors (Lipinski definition) is 2. The Labute approximate surface area is 103 Å². The van der Waals surface area contributed by atoms with Crippen LogP contribution in [0.5, 0.6) is 0 Å². The van der Waals surface area contributed by atoms with Crippen LogP contribution in [-0.2, 0) is 6.54 Å². The summed E-state index contributed by atoms with van der Waals surface area (Å²) in [6.07, 6.45) is 4.37. The Hall–Kier alpha value is -1.35. The molecule has 0 bridgehead atoms. The van der Waals surface area contributed by atoms with Crippen LogP contribution in [0.1, 0.15) is 31.2 Å². The first-order valence-corrected chi connectivity index (χ1v) is 6.36. The molecule has 0 saturated heterocycles. The fourth-order valence-electron chi connectivity index (χ4n) is 2.12. The Morgan fingerprint density at radius 2 is 2.00 bits per heavy atom. The molecule has 0 spiro atoms. The number of benzene rings is 1. The highest BCUT2D eigenvalue weighted by atomic mass is 15.2. The first-order chi connectivity index (χ1) is 8.25. The highest BCUT2D eigenvalue weighted by molar-refractivity contribution is 5.76. The van der Waals surface area contributed by atoms with Crippen LogP contribution in [0.4, 0.5) is 0 Å². The molecule has 2 rings (SSSR count). The van der Waals surface area contributed by atoms with E-state index in [-0.39, 0.29) is 0 Å². The van der Waals surface area contributed by atoms with Gasteiger partial charge >= 0.3 is 0 Å². The van der Waals surface area contributed by atoms with Crippen molar-refractivity contribution in [2.75, 3.05) is 6.54 Å². The minimum Gasteiger partial charge on any atom is -0.388 e. The molecule has 1 aliphatic rings. The molecule has 1 fully saturated rings. The number of amidine groups is 1. The number of nitrogens with zero attached hydrogens (tertiary/aromatic N) is 1. The molecular formula is C14H21N3. The summed E-state index contributed by atoms with van der Waals surface area (Å²) in [7, 11) is 0. The monoisotopic (exact) mass is 231 g/mol. The van der Waals surface area contributed by atoms with Crippen molar-refractivity contribution in [3.63, 3.8) is 0 Å². The first-order valence-electron chi connectivity index (χ1n) is 6.36. The van der Waals surface area contributed by atoms with Crippen LogP contribution in [-0.4, -0.2) is 23.3 Å². The van der Waals surface area contributed by atoms with Crippen molar-refractivity contribution in [3.05, 3.63) is 35.9 Å². The van der Waals surface area contributed by atoms with Gasteiger partial charge in [-0.2, -0.15) is 0 Å². The van der Waals surface area contributed by atoms with E-state index in [1.54, 1.807) is 0 Å². The maximum absolute atomic E-state index is 7.24. The van der Waals surface area contributed by atoms with E-state index >= 15 is 0 Å². The van der Waals surface area contributed by atoms with E-state index in [0.29, 0.717) is 5.84 Å². The summed E-state index contributed by atoms with van der Waals surface area (Å²) < 4.78 is 0. The van der Waals surface area contributed by atoms with E-state index in [1.807, 2.05) is 0 Å². The van der Waals surface area contributed by atoms with E-state index in [2.05, 4.69) is 35.2 Å². The zero-order chi connectivity index (χ0) is 12.1. The molecule has 3 nitrogen and oxygen atoms in total. The Kier molecular flexibility index (Phi) is 4.15. The topological polar surface area (TPSA) is 53.1 Å². The highest BCUT2D eigenvalue weighted by Gasteiger charge is 2.28. The molecule has 0 aromatic heterocycles. The second-order valence-electron chi connectivity index (χ2n) is 4.82. The third-order valence-electron chi connectivity index (χ3n) is 3.18. The van der Waals surface area contributed by atoms with E-state index in [4.69, 9.17) is 11.1 Å². The van der Waals surface area contributed by atoms with Gasteiger partial charge < -0.3 is 5.73 Å². The molecule has 3 heteroatoms. The van der Waals surface area contributed by atoms with Crippen LogP contribution < -0.4 is 5.73 Å². The third kappa shape index (κ3) is 4.19. The average molecular weight is 231 g/mol. The molecule has 92 valence electrons. The number of hydrogen-bond donors (Lipinski definition) is 2. The zero-order valence-corrected chi connectivity index (χ0v) is 10.2. The van der Waals surface area contributed by atoms with Crippen molar-refractivity contribution in [1.82, 2.24) is 4.90 Å². The van der Waals surface area contributed by atoms with Gasteiger partial charge in [-0.25, -0.2) is 0 Å². The van der Waals surface area contributed by atoms with Crippen LogP contribution in [0.15, 0.2) is 30.3 Å². The molecular weight excluding hydrogens is 210 g/mol. The van der Waals surface area contributed by atoms with Gasteiger partial charge in [0.15, 0.2) is 0 Å². The summed E-state index contributed by atoms with van der Waals surface area (Å²) in [5.74, 6) is 0.306. The summed E-state index contributed by atoms with van der Waals surface area (Å²) in [4.78, 5) is 2.53. The predicted octanol–water partition coefficient (Wildman–Crippen LogP) is 2.37. The molecule has 0 atom stereocenters. The lowest BCUT2D eigenvalue weighted by Crippen LogP contribution is -2.27. The minimum absolute atomic E-state index is 0.306. The Morgan fingerprint density at radius 3 is 2.59 bits per heavy atom. The van der Waals surface area contributed by atoms with Crippen molar-refractivity contribution in [3.8, 4) is 0 Å². The largest absolute Gasteiger partial charge is 0.388 e. The highest BCUT2D eigenvalue weighted by Crippen LogP contribution is 2.28. The summed E-state index contributed by atoms with van der Waals surface area (Å²) in [6.45, 7) is 2.09. The quantitative estimate of drug-likeness (QED) is 0.559.